The number of hydrogen-bond acceptors (Lipinski definition) is 3. The van der Waals surface area contributed by atoms with E-state index in [-0.39, 0.29) is 12.6 Å². The van der Waals surface area contributed by atoms with E-state index in [0.717, 1.165) is 12.0 Å². The second-order valence-corrected chi connectivity index (χ2v) is 5.03. The number of anilines is 1. The predicted octanol–water partition coefficient (Wildman–Crippen LogP) is 3.46. The molecule has 1 aromatic carbocycles. The maximum Gasteiger partial charge on any atom is 0.325 e. The van der Waals surface area contributed by atoms with Crippen molar-refractivity contribution < 1.29 is 14.3 Å². The van der Waals surface area contributed by atoms with Gasteiger partial charge in [-0.3, -0.25) is 4.79 Å². The molecule has 1 rings (SSSR count). The SMILES string of the molecule is CCCN(CC(=O)OCC)C(=O)Nc1ccc(C)c(Cl)c1. The Kier molecular flexibility index (Phi) is 7.02. The van der Waals surface area contributed by atoms with Gasteiger partial charge in [-0.25, -0.2) is 4.79 Å². The van der Waals surface area contributed by atoms with E-state index in [1.54, 1.807) is 19.1 Å². The largest absolute Gasteiger partial charge is 0.465 e. The lowest BCUT2D eigenvalue weighted by Gasteiger charge is -2.21. The number of aryl methyl sites for hydroxylation is 1. The Hall–Kier alpha value is -1.75. The predicted molar refractivity (Wildman–Crippen MR) is 83.7 cm³/mol. The molecule has 0 radical (unpaired) electrons. The van der Waals surface area contributed by atoms with E-state index in [4.69, 9.17) is 16.3 Å². The number of nitrogens with zero attached hydrogens (tertiary/aromatic N) is 1. The van der Waals surface area contributed by atoms with Crippen LogP contribution in [-0.2, 0) is 9.53 Å². The molecule has 0 heterocycles. The Labute approximate surface area is 130 Å². The van der Waals surface area contributed by atoms with Crippen LogP contribution >= 0.6 is 11.6 Å². The first kappa shape index (κ1) is 17.3. The van der Waals surface area contributed by atoms with Crippen molar-refractivity contribution in [2.75, 3.05) is 25.0 Å². The minimum absolute atomic E-state index is 0.0624. The van der Waals surface area contributed by atoms with Crippen molar-refractivity contribution >= 4 is 29.3 Å². The van der Waals surface area contributed by atoms with Crippen LogP contribution in [-0.4, -0.2) is 36.6 Å². The number of benzene rings is 1. The van der Waals surface area contributed by atoms with Crippen LogP contribution in [0.15, 0.2) is 18.2 Å². The number of urea groups is 1. The first-order valence-corrected chi connectivity index (χ1v) is 7.33. The minimum Gasteiger partial charge on any atom is -0.465 e. The van der Waals surface area contributed by atoms with Gasteiger partial charge in [0, 0.05) is 17.3 Å². The van der Waals surface area contributed by atoms with Gasteiger partial charge < -0.3 is 15.0 Å². The van der Waals surface area contributed by atoms with Crippen LogP contribution < -0.4 is 5.32 Å². The lowest BCUT2D eigenvalue weighted by molar-refractivity contribution is -0.143. The molecule has 0 unspecified atom stereocenters. The summed E-state index contributed by atoms with van der Waals surface area (Å²) in [6.07, 6.45) is 0.751. The number of halogens is 1. The molecule has 0 fully saturated rings. The fraction of sp³-hybridized carbons (Fsp3) is 0.467. The first-order valence-electron chi connectivity index (χ1n) is 6.95. The molecule has 2 amide bonds. The number of carbonyl (C=O) groups is 2. The van der Waals surface area contributed by atoms with Gasteiger partial charge in [0.25, 0.3) is 0 Å². The van der Waals surface area contributed by atoms with Crippen molar-refractivity contribution in [2.24, 2.45) is 0 Å². The Morgan fingerprint density at radius 2 is 2.05 bits per heavy atom. The maximum atomic E-state index is 12.2. The molecular weight excluding hydrogens is 292 g/mol. The summed E-state index contributed by atoms with van der Waals surface area (Å²) >= 11 is 6.02. The van der Waals surface area contributed by atoms with Gasteiger partial charge in [-0.2, -0.15) is 0 Å². The molecule has 0 aromatic heterocycles. The molecule has 0 aliphatic heterocycles. The van der Waals surface area contributed by atoms with E-state index < -0.39 is 5.97 Å². The summed E-state index contributed by atoms with van der Waals surface area (Å²) in [5.41, 5.74) is 1.53. The minimum atomic E-state index is -0.414. The Balaban J connectivity index is 2.71. The van der Waals surface area contributed by atoms with Gasteiger partial charge in [-0.1, -0.05) is 24.6 Å². The van der Waals surface area contributed by atoms with Crippen molar-refractivity contribution in [1.29, 1.82) is 0 Å². The lowest BCUT2D eigenvalue weighted by Crippen LogP contribution is -2.39. The Bertz CT molecular complexity index is 506. The fourth-order valence-corrected chi connectivity index (χ4v) is 1.94. The van der Waals surface area contributed by atoms with Gasteiger partial charge >= 0.3 is 12.0 Å². The van der Waals surface area contributed by atoms with E-state index in [1.165, 1.54) is 4.90 Å². The maximum absolute atomic E-state index is 12.2. The number of esters is 1. The van der Waals surface area contributed by atoms with Crippen LogP contribution in [0, 0.1) is 6.92 Å². The number of carbonyl (C=O) groups excluding carboxylic acids is 2. The van der Waals surface area contributed by atoms with E-state index in [2.05, 4.69) is 5.32 Å². The number of ether oxygens (including phenoxy) is 1. The summed E-state index contributed by atoms with van der Waals surface area (Å²) in [7, 11) is 0. The van der Waals surface area contributed by atoms with Crippen LogP contribution in [0.25, 0.3) is 0 Å². The summed E-state index contributed by atoms with van der Waals surface area (Å²) in [5.74, 6) is -0.414. The molecular formula is C15H21ClN2O3. The van der Waals surface area contributed by atoms with Crippen molar-refractivity contribution in [3.63, 3.8) is 0 Å². The highest BCUT2D eigenvalue weighted by atomic mass is 35.5. The highest BCUT2D eigenvalue weighted by molar-refractivity contribution is 6.31. The van der Waals surface area contributed by atoms with Gasteiger partial charge in [-0.15, -0.1) is 0 Å². The summed E-state index contributed by atoms with van der Waals surface area (Å²) < 4.78 is 4.87. The summed E-state index contributed by atoms with van der Waals surface area (Å²) in [4.78, 5) is 25.1. The second-order valence-electron chi connectivity index (χ2n) is 4.62. The van der Waals surface area contributed by atoms with E-state index in [1.807, 2.05) is 19.9 Å². The summed E-state index contributed by atoms with van der Waals surface area (Å²) in [5, 5.41) is 3.32. The number of rotatable bonds is 6. The third-order valence-electron chi connectivity index (χ3n) is 2.83. The monoisotopic (exact) mass is 312 g/mol. The molecule has 1 aromatic rings. The Morgan fingerprint density at radius 1 is 1.33 bits per heavy atom. The van der Waals surface area contributed by atoms with E-state index in [0.29, 0.717) is 23.9 Å². The molecule has 0 aliphatic rings. The zero-order chi connectivity index (χ0) is 15.8. The van der Waals surface area contributed by atoms with Crippen molar-refractivity contribution in [1.82, 2.24) is 4.90 Å². The third-order valence-corrected chi connectivity index (χ3v) is 3.24. The van der Waals surface area contributed by atoms with Gasteiger partial charge in [-0.05, 0) is 38.0 Å². The van der Waals surface area contributed by atoms with Crippen LogP contribution in [0.2, 0.25) is 5.02 Å². The topological polar surface area (TPSA) is 58.6 Å². The molecule has 5 nitrogen and oxygen atoms in total. The van der Waals surface area contributed by atoms with Gasteiger partial charge in [0.05, 0.1) is 6.61 Å². The van der Waals surface area contributed by atoms with Crippen molar-refractivity contribution in [2.45, 2.75) is 27.2 Å². The average molecular weight is 313 g/mol. The molecule has 1 N–H and O–H groups in total. The van der Waals surface area contributed by atoms with Gasteiger partial charge in [0.15, 0.2) is 0 Å². The van der Waals surface area contributed by atoms with E-state index >= 15 is 0 Å². The van der Waals surface area contributed by atoms with Crippen LogP contribution in [0.3, 0.4) is 0 Å². The summed E-state index contributed by atoms with van der Waals surface area (Å²) in [6.45, 7) is 6.27. The fourth-order valence-electron chi connectivity index (χ4n) is 1.76. The highest BCUT2D eigenvalue weighted by Gasteiger charge is 2.17. The molecule has 0 bridgehead atoms. The van der Waals surface area contributed by atoms with Gasteiger partial charge in [0.1, 0.15) is 6.54 Å². The third kappa shape index (κ3) is 5.63. The molecule has 0 saturated heterocycles. The van der Waals surface area contributed by atoms with Crippen LogP contribution in [0.4, 0.5) is 10.5 Å². The van der Waals surface area contributed by atoms with Crippen molar-refractivity contribution in [3.05, 3.63) is 28.8 Å². The number of amides is 2. The Morgan fingerprint density at radius 3 is 2.62 bits per heavy atom. The lowest BCUT2D eigenvalue weighted by atomic mass is 10.2. The smallest absolute Gasteiger partial charge is 0.325 e. The summed E-state index contributed by atoms with van der Waals surface area (Å²) in [6, 6.07) is 4.94. The zero-order valence-corrected chi connectivity index (χ0v) is 13.4. The standard InChI is InChI=1S/C15H21ClN2O3/c1-4-8-18(10-14(19)21-5-2)15(20)17-12-7-6-11(3)13(16)9-12/h6-7,9H,4-5,8,10H2,1-3H3,(H,17,20). The molecule has 0 aliphatic carbocycles. The molecule has 0 spiro atoms. The van der Waals surface area contributed by atoms with Gasteiger partial charge in [0.2, 0.25) is 0 Å². The molecule has 21 heavy (non-hydrogen) atoms. The van der Waals surface area contributed by atoms with Crippen molar-refractivity contribution in [3.8, 4) is 0 Å². The van der Waals surface area contributed by atoms with Crippen LogP contribution in [0.5, 0.6) is 0 Å². The van der Waals surface area contributed by atoms with E-state index in [9.17, 15) is 9.59 Å². The first-order chi connectivity index (χ1) is 9.97. The molecule has 0 saturated carbocycles. The molecule has 0 atom stereocenters. The number of hydrogen-bond donors (Lipinski definition) is 1. The average Bonchev–Trinajstić information content (AvgIpc) is 2.42. The quantitative estimate of drug-likeness (QED) is 0.818. The molecule has 116 valence electrons. The zero-order valence-electron chi connectivity index (χ0n) is 12.6. The number of nitrogens with one attached hydrogen (secondary N) is 1. The second kappa shape index (κ2) is 8.52. The molecule has 6 heteroatoms. The highest BCUT2D eigenvalue weighted by Crippen LogP contribution is 2.20. The normalized spacial score (nSPS) is 10.1. The van der Waals surface area contributed by atoms with Crippen LogP contribution in [0.1, 0.15) is 25.8 Å².